The van der Waals surface area contributed by atoms with Crippen molar-refractivity contribution < 1.29 is 4.74 Å². The largest absolute Gasteiger partial charge is 0.496 e. The third-order valence-electron chi connectivity index (χ3n) is 3.14. The van der Waals surface area contributed by atoms with E-state index in [1.54, 1.807) is 13.2 Å². The summed E-state index contributed by atoms with van der Waals surface area (Å²) in [6, 6.07) is 9.46. The summed E-state index contributed by atoms with van der Waals surface area (Å²) in [6.45, 7) is 4.71. The highest BCUT2D eigenvalue weighted by Crippen LogP contribution is 2.28. The fourth-order valence-electron chi connectivity index (χ4n) is 2.17. The Bertz CT molecular complexity index is 680. The van der Waals surface area contributed by atoms with E-state index in [1.165, 1.54) is 4.68 Å². The summed E-state index contributed by atoms with van der Waals surface area (Å²) in [7, 11) is 1.63. The lowest BCUT2D eigenvalue weighted by Gasteiger charge is -2.13. The zero-order valence-corrected chi connectivity index (χ0v) is 13.4. The van der Waals surface area contributed by atoms with E-state index < -0.39 is 0 Å². The van der Waals surface area contributed by atoms with E-state index in [9.17, 15) is 4.79 Å². The van der Waals surface area contributed by atoms with E-state index in [1.807, 2.05) is 24.3 Å². The van der Waals surface area contributed by atoms with Crippen LogP contribution in [0, 0.1) is 5.92 Å². The van der Waals surface area contributed by atoms with Gasteiger partial charge in [0.05, 0.1) is 12.8 Å². The number of hydrogen-bond donors (Lipinski definition) is 1. The number of methoxy groups -OCH3 is 1. The molecule has 21 heavy (non-hydrogen) atoms. The predicted molar refractivity (Wildman–Crippen MR) is 88.0 cm³/mol. The molecule has 0 bridgehead atoms. The quantitative estimate of drug-likeness (QED) is 0.864. The van der Waals surface area contributed by atoms with E-state index in [0.717, 1.165) is 17.0 Å². The molecular weight excluding hydrogens is 284 g/mol. The molecule has 1 aromatic carbocycles. The van der Waals surface area contributed by atoms with Gasteiger partial charge in [-0.15, -0.1) is 0 Å². The molecule has 1 aromatic heterocycles. The van der Waals surface area contributed by atoms with Crippen LogP contribution in [0.5, 0.6) is 5.75 Å². The lowest BCUT2D eigenvalue weighted by Crippen LogP contribution is -2.28. The Hall–Kier alpha value is -1.75. The minimum absolute atomic E-state index is 0.0719. The van der Waals surface area contributed by atoms with Crippen LogP contribution in [-0.2, 0) is 12.3 Å². The first-order valence-electron chi connectivity index (χ1n) is 6.92. The molecule has 0 radical (unpaired) electrons. The molecule has 0 aliphatic heterocycles. The Labute approximate surface area is 130 Å². The number of nitrogens with zero attached hydrogens (tertiary/aromatic N) is 2. The van der Waals surface area contributed by atoms with Gasteiger partial charge in [0.1, 0.15) is 5.75 Å². The third-order valence-corrected chi connectivity index (χ3v) is 3.48. The molecule has 1 heterocycles. The Balaban J connectivity index is 2.61. The standard InChI is InChI=1S/C16H20N2O2S/c1-11(2)9-18-16(19)12(10-21)8-14(17-18)13-6-4-5-7-15(13)20-3/h4-8,11,21H,9-10H2,1-3H3. The van der Waals surface area contributed by atoms with Crippen molar-refractivity contribution in [1.82, 2.24) is 9.78 Å². The van der Waals surface area contributed by atoms with E-state index >= 15 is 0 Å². The van der Waals surface area contributed by atoms with Crippen LogP contribution < -0.4 is 10.3 Å². The van der Waals surface area contributed by atoms with Gasteiger partial charge >= 0.3 is 0 Å². The lowest BCUT2D eigenvalue weighted by molar-refractivity contribution is 0.415. The van der Waals surface area contributed by atoms with Gasteiger partial charge in [0.25, 0.3) is 5.56 Å². The van der Waals surface area contributed by atoms with Gasteiger partial charge in [-0.05, 0) is 24.1 Å². The van der Waals surface area contributed by atoms with Crippen molar-refractivity contribution in [2.45, 2.75) is 26.1 Å². The molecule has 0 saturated carbocycles. The molecule has 0 spiro atoms. The molecule has 0 saturated heterocycles. The fraction of sp³-hybridized carbons (Fsp3) is 0.375. The highest BCUT2D eigenvalue weighted by Gasteiger charge is 2.13. The first kappa shape index (κ1) is 15.6. The molecule has 0 aliphatic carbocycles. The van der Waals surface area contributed by atoms with Crippen molar-refractivity contribution in [3.63, 3.8) is 0 Å². The minimum Gasteiger partial charge on any atom is -0.496 e. The molecule has 2 rings (SSSR count). The van der Waals surface area contributed by atoms with Gasteiger partial charge in [-0.3, -0.25) is 4.79 Å². The Kier molecular flexibility index (Phi) is 5.07. The van der Waals surface area contributed by atoms with E-state index in [0.29, 0.717) is 23.8 Å². The van der Waals surface area contributed by atoms with E-state index in [2.05, 4.69) is 31.6 Å². The number of benzene rings is 1. The lowest BCUT2D eigenvalue weighted by atomic mass is 10.1. The van der Waals surface area contributed by atoms with Gasteiger partial charge in [0.2, 0.25) is 0 Å². The van der Waals surface area contributed by atoms with Gasteiger partial charge < -0.3 is 4.74 Å². The molecular formula is C16H20N2O2S. The van der Waals surface area contributed by atoms with Crippen LogP contribution in [0.25, 0.3) is 11.3 Å². The fourth-order valence-corrected chi connectivity index (χ4v) is 2.39. The van der Waals surface area contributed by atoms with Gasteiger partial charge in [-0.2, -0.15) is 17.7 Å². The third kappa shape index (κ3) is 3.47. The number of ether oxygens (including phenoxy) is 1. The number of rotatable bonds is 5. The Morgan fingerprint density at radius 3 is 2.67 bits per heavy atom. The molecule has 0 atom stereocenters. The summed E-state index contributed by atoms with van der Waals surface area (Å²) in [5.74, 6) is 1.47. The van der Waals surface area contributed by atoms with Crippen molar-refractivity contribution in [1.29, 1.82) is 0 Å². The molecule has 0 unspecified atom stereocenters. The molecule has 0 N–H and O–H groups in total. The summed E-state index contributed by atoms with van der Waals surface area (Å²) < 4.78 is 6.90. The summed E-state index contributed by atoms with van der Waals surface area (Å²) in [4.78, 5) is 12.3. The average molecular weight is 304 g/mol. The van der Waals surface area contributed by atoms with E-state index in [4.69, 9.17) is 4.74 Å². The number of para-hydroxylation sites is 1. The summed E-state index contributed by atoms with van der Waals surface area (Å²) in [5, 5.41) is 4.49. The van der Waals surface area contributed by atoms with Gasteiger partial charge in [-0.25, -0.2) is 4.68 Å². The van der Waals surface area contributed by atoms with Crippen LogP contribution >= 0.6 is 12.6 Å². The average Bonchev–Trinajstić information content (AvgIpc) is 2.48. The maximum absolute atomic E-state index is 12.3. The first-order valence-corrected chi connectivity index (χ1v) is 7.55. The molecule has 0 aliphatic rings. The molecule has 4 nitrogen and oxygen atoms in total. The molecule has 5 heteroatoms. The summed E-state index contributed by atoms with van der Waals surface area (Å²) in [6.07, 6.45) is 0. The highest BCUT2D eigenvalue weighted by molar-refractivity contribution is 7.79. The maximum atomic E-state index is 12.3. The van der Waals surface area contributed by atoms with Crippen molar-refractivity contribution in [2.75, 3.05) is 7.11 Å². The minimum atomic E-state index is -0.0719. The Morgan fingerprint density at radius 1 is 1.33 bits per heavy atom. The highest BCUT2D eigenvalue weighted by atomic mass is 32.1. The summed E-state index contributed by atoms with van der Waals surface area (Å²) in [5.41, 5.74) is 2.18. The van der Waals surface area contributed by atoms with Gasteiger partial charge in [0, 0.05) is 23.4 Å². The van der Waals surface area contributed by atoms with Crippen LogP contribution in [0.15, 0.2) is 35.1 Å². The second-order valence-corrected chi connectivity index (χ2v) is 5.61. The number of aromatic nitrogens is 2. The van der Waals surface area contributed by atoms with Crippen molar-refractivity contribution in [2.24, 2.45) is 5.92 Å². The monoisotopic (exact) mass is 304 g/mol. The second kappa shape index (κ2) is 6.80. The topological polar surface area (TPSA) is 44.1 Å². The molecule has 2 aromatic rings. The first-order chi connectivity index (χ1) is 10.1. The van der Waals surface area contributed by atoms with Crippen LogP contribution in [-0.4, -0.2) is 16.9 Å². The second-order valence-electron chi connectivity index (χ2n) is 5.29. The van der Waals surface area contributed by atoms with Crippen LogP contribution in [0.1, 0.15) is 19.4 Å². The SMILES string of the molecule is COc1ccccc1-c1cc(CS)c(=O)n(CC(C)C)n1. The van der Waals surface area contributed by atoms with Crippen LogP contribution in [0.4, 0.5) is 0 Å². The zero-order chi connectivity index (χ0) is 15.4. The molecule has 112 valence electrons. The van der Waals surface area contributed by atoms with Crippen LogP contribution in [0.2, 0.25) is 0 Å². The van der Waals surface area contributed by atoms with Gasteiger partial charge in [-0.1, -0.05) is 26.0 Å². The van der Waals surface area contributed by atoms with Crippen molar-refractivity contribution >= 4 is 12.6 Å². The summed E-state index contributed by atoms with van der Waals surface area (Å²) >= 11 is 4.25. The number of hydrogen-bond acceptors (Lipinski definition) is 4. The number of thiol groups is 1. The van der Waals surface area contributed by atoms with Crippen molar-refractivity contribution in [3.8, 4) is 17.0 Å². The predicted octanol–water partition coefficient (Wildman–Crippen LogP) is 3.00. The normalized spacial score (nSPS) is 10.9. The Morgan fingerprint density at radius 2 is 2.05 bits per heavy atom. The smallest absolute Gasteiger partial charge is 0.270 e. The van der Waals surface area contributed by atoms with Gasteiger partial charge in [0.15, 0.2) is 0 Å². The zero-order valence-electron chi connectivity index (χ0n) is 12.5. The van der Waals surface area contributed by atoms with Crippen molar-refractivity contribution in [3.05, 3.63) is 46.2 Å². The van der Waals surface area contributed by atoms with Crippen LogP contribution in [0.3, 0.4) is 0 Å². The maximum Gasteiger partial charge on any atom is 0.270 e. The molecule has 0 fully saturated rings. The van der Waals surface area contributed by atoms with E-state index in [-0.39, 0.29) is 5.56 Å². The molecule has 0 amide bonds.